The molecule has 18 heavy (non-hydrogen) atoms. The molecule has 0 spiro atoms. The number of hydrazine groups is 1. The van der Waals surface area contributed by atoms with E-state index in [9.17, 15) is 19.2 Å². The van der Waals surface area contributed by atoms with Crippen LogP contribution in [0.4, 0.5) is 4.79 Å². The number of amides is 5. The zero-order valence-electron chi connectivity index (χ0n) is 9.46. The fraction of sp³-hybridized carbons (Fsp3) is 0.455. The SMILES string of the molecule is O=C1CN(N2C(=O)[C@H]3CC=CC[C@H]3C2=O)C(=O)N1. The Balaban J connectivity index is 1.90. The monoisotopic (exact) mass is 249 g/mol. The van der Waals surface area contributed by atoms with E-state index in [1.165, 1.54) is 0 Å². The molecule has 3 rings (SSSR count). The summed E-state index contributed by atoms with van der Waals surface area (Å²) in [5.74, 6) is -2.08. The van der Waals surface area contributed by atoms with Crippen molar-refractivity contribution in [2.24, 2.45) is 11.8 Å². The Labute approximate surface area is 102 Å². The van der Waals surface area contributed by atoms with E-state index in [0.29, 0.717) is 12.8 Å². The average molecular weight is 249 g/mol. The van der Waals surface area contributed by atoms with Crippen LogP contribution in [0.15, 0.2) is 12.2 Å². The summed E-state index contributed by atoms with van der Waals surface area (Å²) in [6.07, 6.45) is 4.75. The molecular weight excluding hydrogens is 238 g/mol. The molecule has 0 saturated carbocycles. The minimum atomic E-state index is -0.715. The summed E-state index contributed by atoms with van der Waals surface area (Å²) in [7, 11) is 0. The lowest BCUT2D eigenvalue weighted by Gasteiger charge is -2.23. The zero-order valence-corrected chi connectivity index (χ0v) is 9.46. The van der Waals surface area contributed by atoms with Crippen LogP contribution in [0.25, 0.3) is 0 Å². The lowest BCUT2D eigenvalue weighted by molar-refractivity contribution is -0.153. The number of urea groups is 1. The largest absolute Gasteiger partial charge is 0.343 e. The molecule has 2 fully saturated rings. The number of allylic oxidation sites excluding steroid dienone is 2. The molecule has 2 saturated heterocycles. The van der Waals surface area contributed by atoms with Gasteiger partial charge in [0.25, 0.3) is 11.8 Å². The normalized spacial score (nSPS) is 31.1. The molecule has 1 aliphatic carbocycles. The van der Waals surface area contributed by atoms with Gasteiger partial charge in [0.1, 0.15) is 6.54 Å². The molecule has 3 aliphatic rings. The molecule has 94 valence electrons. The molecule has 0 unspecified atom stereocenters. The average Bonchev–Trinajstić information content (AvgIpc) is 2.79. The van der Waals surface area contributed by atoms with Gasteiger partial charge >= 0.3 is 6.03 Å². The molecule has 1 N–H and O–H groups in total. The van der Waals surface area contributed by atoms with E-state index < -0.39 is 23.8 Å². The Morgan fingerprint density at radius 1 is 1.00 bits per heavy atom. The first-order chi connectivity index (χ1) is 8.59. The number of nitrogens with one attached hydrogen (secondary N) is 1. The molecule has 0 bridgehead atoms. The fourth-order valence-corrected chi connectivity index (χ4v) is 2.61. The third kappa shape index (κ3) is 1.36. The highest BCUT2D eigenvalue weighted by molar-refractivity contribution is 6.09. The highest BCUT2D eigenvalue weighted by Crippen LogP contribution is 2.36. The van der Waals surface area contributed by atoms with E-state index in [1.807, 2.05) is 12.2 Å². The third-order valence-corrected chi connectivity index (χ3v) is 3.50. The van der Waals surface area contributed by atoms with Gasteiger partial charge in [0, 0.05) is 0 Å². The van der Waals surface area contributed by atoms with Crippen molar-refractivity contribution >= 4 is 23.8 Å². The summed E-state index contributed by atoms with van der Waals surface area (Å²) < 4.78 is 0. The summed E-state index contributed by atoms with van der Waals surface area (Å²) in [6.45, 7) is -0.275. The first-order valence-corrected chi connectivity index (χ1v) is 5.73. The molecule has 2 heterocycles. The number of carbonyl (C=O) groups excluding carboxylic acids is 4. The summed E-state index contributed by atoms with van der Waals surface area (Å²) in [4.78, 5) is 46.9. The molecule has 5 amide bonds. The molecule has 0 aromatic rings. The molecule has 2 aliphatic heterocycles. The van der Waals surface area contributed by atoms with Crippen molar-refractivity contribution in [3.63, 3.8) is 0 Å². The molecule has 0 aromatic heterocycles. The van der Waals surface area contributed by atoms with E-state index in [-0.39, 0.29) is 18.4 Å². The minimum Gasteiger partial charge on any atom is -0.275 e. The van der Waals surface area contributed by atoms with Gasteiger partial charge in [-0.1, -0.05) is 12.2 Å². The van der Waals surface area contributed by atoms with Crippen molar-refractivity contribution in [2.45, 2.75) is 12.8 Å². The van der Waals surface area contributed by atoms with Gasteiger partial charge in [-0.2, -0.15) is 5.01 Å². The van der Waals surface area contributed by atoms with Crippen LogP contribution in [0, 0.1) is 11.8 Å². The molecule has 7 nitrogen and oxygen atoms in total. The second kappa shape index (κ2) is 3.66. The lowest BCUT2D eigenvalue weighted by atomic mass is 9.85. The summed E-state index contributed by atoms with van der Waals surface area (Å²) in [5, 5.41) is 3.78. The highest BCUT2D eigenvalue weighted by atomic mass is 16.2. The molecule has 0 aromatic carbocycles. The topological polar surface area (TPSA) is 86.8 Å². The van der Waals surface area contributed by atoms with Crippen LogP contribution < -0.4 is 5.32 Å². The van der Waals surface area contributed by atoms with Crippen molar-refractivity contribution in [2.75, 3.05) is 6.54 Å². The van der Waals surface area contributed by atoms with Crippen LogP contribution in [-0.4, -0.2) is 40.3 Å². The predicted molar refractivity (Wildman–Crippen MR) is 57.5 cm³/mol. The summed E-state index contributed by atoms with van der Waals surface area (Å²) in [6, 6.07) is -0.715. The van der Waals surface area contributed by atoms with Gasteiger partial charge < -0.3 is 0 Å². The van der Waals surface area contributed by atoms with Crippen LogP contribution in [0.3, 0.4) is 0 Å². The Morgan fingerprint density at radius 2 is 1.56 bits per heavy atom. The van der Waals surface area contributed by atoms with Crippen molar-refractivity contribution < 1.29 is 19.2 Å². The van der Waals surface area contributed by atoms with Crippen LogP contribution >= 0.6 is 0 Å². The van der Waals surface area contributed by atoms with Crippen LogP contribution in [0.1, 0.15) is 12.8 Å². The number of nitrogens with zero attached hydrogens (tertiary/aromatic N) is 2. The van der Waals surface area contributed by atoms with Crippen molar-refractivity contribution in [3.8, 4) is 0 Å². The first kappa shape index (κ1) is 10.9. The Morgan fingerprint density at radius 3 is 2.00 bits per heavy atom. The van der Waals surface area contributed by atoms with Gasteiger partial charge in [0.05, 0.1) is 11.8 Å². The van der Waals surface area contributed by atoms with E-state index >= 15 is 0 Å². The molecular formula is C11H11N3O4. The van der Waals surface area contributed by atoms with Gasteiger partial charge in [0.15, 0.2) is 0 Å². The molecule has 2 atom stereocenters. The lowest BCUT2D eigenvalue weighted by Crippen LogP contribution is -2.48. The van der Waals surface area contributed by atoms with Crippen LogP contribution in [-0.2, 0) is 14.4 Å². The Kier molecular flexibility index (Phi) is 2.22. The zero-order chi connectivity index (χ0) is 12.9. The smallest absolute Gasteiger partial charge is 0.275 e. The maximum Gasteiger partial charge on any atom is 0.343 e. The number of hydrogen-bond donors (Lipinski definition) is 1. The summed E-state index contributed by atoms with van der Waals surface area (Å²) in [5.41, 5.74) is 0. The molecule has 0 radical (unpaired) electrons. The third-order valence-electron chi connectivity index (χ3n) is 3.50. The van der Waals surface area contributed by atoms with E-state index in [0.717, 1.165) is 10.0 Å². The molecule has 7 heteroatoms. The number of carbonyl (C=O) groups is 4. The van der Waals surface area contributed by atoms with Gasteiger partial charge in [-0.25, -0.2) is 9.80 Å². The highest BCUT2D eigenvalue weighted by Gasteiger charge is 2.52. The maximum absolute atomic E-state index is 12.1. The predicted octanol–water partition coefficient (Wildman–Crippen LogP) is -0.596. The Hall–Kier alpha value is -2.18. The van der Waals surface area contributed by atoms with Gasteiger partial charge in [0.2, 0.25) is 5.91 Å². The van der Waals surface area contributed by atoms with Crippen LogP contribution in [0.5, 0.6) is 0 Å². The number of imide groups is 2. The maximum atomic E-state index is 12.1. The van der Waals surface area contributed by atoms with Crippen molar-refractivity contribution in [1.29, 1.82) is 0 Å². The number of fused-ring (bicyclic) bond motifs is 1. The van der Waals surface area contributed by atoms with E-state index in [2.05, 4.69) is 5.32 Å². The van der Waals surface area contributed by atoms with E-state index in [4.69, 9.17) is 0 Å². The van der Waals surface area contributed by atoms with Crippen molar-refractivity contribution in [3.05, 3.63) is 12.2 Å². The fourth-order valence-electron chi connectivity index (χ4n) is 2.61. The van der Waals surface area contributed by atoms with E-state index in [1.54, 1.807) is 0 Å². The van der Waals surface area contributed by atoms with Crippen molar-refractivity contribution in [1.82, 2.24) is 15.3 Å². The van der Waals surface area contributed by atoms with Crippen LogP contribution in [0.2, 0.25) is 0 Å². The Bertz CT molecular complexity index is 473. The second-order valence-corrected chi connectivity index (χ2v) is 4.56. The first-order valence-electron chi connectivity index (χ1n) is 5.73. The number of hydrogen-bond acceptors (Lipinski definition) is 4. The minimum absolute atomic E-state index is 0.275. The quantitative estimate of drug-likeness (QED) is 0.382. The van der Waals surface area contributed by atoms with Gasteiger partial charge in [-0.05, 0) is 12.8 Å². The standard InChI is InChI=1S/C11H11N3O4/c15-8-5-13(11(18)12-8)14-9(16)6-3-1-2-4-7(6)10(14)17/h1-2,6-7H,3-5H2,(H,12,15,18)/t6-,7+. The number of rotatable bonds is 1. The summed E-state index contributed by atoms with van der Waals surface area (Å²) >= 11 is 0. The van der Waals surface area contributed by atoms with Gasteiger partial charge in [-0.3, -0.25) is 19.7 Å². The van der Waals surface area contributed by atoms with Gasteiger partial charge in [-0.15, -0.1) is 0 Å². The second-order valence-electron chi connectivity index (χ2n) is 4.56.